The fourth-order valence-electron chi connectivity index (χ4n) is 7.27. The number of fused-ring (bicyclic) bond motifs is 1. The fourth-order valence-corrected chi connectivity index (χ4v) is 7.89. The molecule has 0 aliphatic carbocycles. The number of anilines is 2. The maximum absolute atomic E-state index is 14.1. The predicted molar refractivity (Wildman–Crippen MR) is 220 cm³/mol. The van der Waals surface area contributed by atoms with E-state index in [4.69, 9.17) is 4.42 Å². The van der Waals surface area contributed by atoms with Crippen LogP contribution in [-0.2, 0) is 25.6 Å². The van der Waals surface area contributed by atoms with Crippen molar-refractivity contribution in [3.8, 4) is 11.3 Å². The van der Waals surface area contributed by atoms with Crippen molar-refractivity contribution in [1.82, 2.24) is 14.7 Å². The lowest BCUT2D eigenvalue weighted by Gasteiger charge is -2.34. The molecule has 0 radical (unpaired) electrons. The van der Waals surface area contributed by atoms with Gasteiger partial charge in [0.2, 0.25) is 23.6 Å². The Hall–Kier alpha value is -5.26. The van der Waals surface area contributed by atoms with Gasteiger partial charge in [0.25, 0.3) is 0 Å². The van der Waals surface area contributed by atoms with E-state index in [1.807, 2.05) is 106 Å². The third-order valence-electron chi connectivity index (χ3n) is 10.1. The molecule has 5 aromatic rings. The number of furan rings is 1. The quantitative estimate of drug-likeness (QED) is 0.110. The molecule has 1 saturated heterocycles. The smallest absolute Gasteiger partial charge is 0.247 e. The van der Waals surface area contributed by atoms with E-state index in [1.54, 1.807) is 28.0 Å². The summed E-state index contributed by atoms with van der Waals surface area (Å²) in [5.41, 5.74) is 4.47. The zero-order chi connectivity index (χ0) is 38.9. The molecule has 1 fully saturated rings. The van der Waals surface area contributed by atoms with Crippen LogP contribution in [0, 0.1) is 0 Å². The van der Waals surface area contributed by atoms with Crippen LogP contribution in [0.1, 0.15) is 57.2 Å². The summed E-state index contributed by atoms with van der Waals surface area (Å²) >= 11 is 3.72. The molecule has 2 heterocycles. The molecule has 4 aromatic carbocycles. The van der Waals surface area contributed by atoms with Crippen molar-refractivity contribution in [2.75, 3.05) is 43.4 Å². The number of rotatable bonds is 15. The minimum atomic E-state index is -0.572. The largest absolute Gasteiger partial charge is 0.455 e. The molecule has 6 rings (SSSR count). The topological polar surface area (TPSA) is 115 Å². The predicted octanol–water partition coefficient (Wildman–Crippen LogP) is 8.29. The summed E-state index contributed by atoms with van der Waals surface area (Å²) in [4.78, 5) is 59.3. The first kappa shape index (κ1) is 39.4. The minimum Gasteiger partial charge on any atom is -0.455 e. The van der Waals surface area contributed by atoms with Crippen LogP contribution in [0.3, 0.4) is 0 Å². The van der Waals surface area contributed by atoms with Gasteiger partial charge in [-0.2, -0.15) is 0 Å². The molecule has 0 bridgehead atoms. The van der Waals surface area contributed by atoms with Gasteiger partial charge in [-0.3, -0.25) is 24.1 Å². The Labute approximate surface area is 331 Å². The van der Waals surface area contributed by atoms with E-state index in [0.29, 0.717) is 55.3 Å². The normalized spacial score (nSPS) is 14.6. The van der Waals surface area contributed by atoms with E-state index < -0.39 is 12.1 Å². The van der Waals surface area contributed by atoms with Crippen LogP contribution in [0.15, 0.2) is 112 Å². The van der Waals surface area contributed by atoms with E-state index in [2.05, 4.69) is 31.5 Å². The van der Waals surface area contributed by atoms with Gasteiger partial charge in [-0.1, -0.05) is 81.4 Å². The third-order valence-corrected chi connectivity index (χ3v) is 10.9. The molecule has 0 spiro atoms. The molecular formula is C44H48BrN5O5. The Morgan fingerprint density at radius 3 is 2.20 bits per heavy atom. The lowest BCUT2D eigenvalue weighted by atomic mass is 10.0. The number of hydrogen-bond donors (Lipinski definition) is 2. The van der Waals surface area contributed by atoms with E-state index in [0.717, 1.165) is 39.4 Å². The van der Waals surface area contributed by atoms with E-state index in [9.17, 15) is 19.2 Å². The Morgan fingerprint density at radius 1 is 0.855 bits per heavy atom. The van der Waals surface area contributed by atoms with E-state index in [1.165, 1.54) is 0 Å². The number of hydrogen-bond acceptors (Lipinski definition) is 6. The maximum Gasteiger partial charge on any atom is 0.247 e. The number of amides is 4. The SMILES string of the molecule is CCCN(CC(=O)Nc1ccc(-c2oc3ccc(NC(=O)[C@@H]4CCCN4C(=O)[C@@H](c4ccccc4)N(CC)CC)cc3c2Br)cc1)C(=O)Cc1ccccc1. The van der Waals surface area contributed by atoms with Gasteiger partial charge in [-0.25, -0.2) is 0 Å². The van der Waals surface area contributed by atoms with E-state index >= 15 is 0 Å². The molecule has 1 aliphatic heterocycles. The summed E-state index contributed by atoms with van der Waals surface area (Å²) in [6.45, 7) is 8.50. The zero-order valence-electron chi connectivity index (χ0n) is 31.6. The summed E-state index contributed by atoms with van der Waals surface area (Å²) in [6.07, 6.45) is 2.35. The Morgan fingerprint density at radius 2 is 1.53 bits per heavy atom. The fraction of sp³-hybridized carbons (Fsp3) is 0.318. The summed E-state index contributed by atoms with van der Waals surface area (Å²) < 4.78 is 6.96. The van der Waals surface area contributed by atoms with Gasteiger partial charge in [0.15, 0.2) is 0 Å². The van der Waals surface area contributed by atoms with Crippen molar-refractivity contribution in [2.24, 2.45) is 0 Å². The Kier molecular flexibility index (Phi) is 13.2. The molecule has 2 N–H and O–H groups in total. The van der Waals surface area contributed by atoms with Gasteiger partial charge in [0.1, 0.15) is 23.4 Å². The molecule has 10 nitrogen and oxygen atoms in total. The highest BCUT2D eigenvalue weighted by molar-refractivity contribution is 9.10. The highest BCUT2D eigenvalue weighted by Crippen LogP contribution is 2.39. The van der Waals surface area contributed by atoms with Crippen LogP contribution in [-0.4, -0.2) is 77.1 Å². The summed E-state index contributed by atoms with van der Waals surface area (Å²) in [6, 6.07) is 31.1. The number of likely N-dealkylation sites (tertiary alicyclic amines) is 1. The molecule has 11 heteroatoms. The van der Waals surface area contributed by atoms with Gasteiger partial charge < -0.3 is 24.9 Å². The number of halogens is 1. The average molecular weight is 807 g/mol. The second-order valence-corrected chi connectivity index (χ2v) is 14.6. The Balaban J connectivity index is 1.11. The van der Waals surface area contributed by atoms with Crippen molar-refractivity contribution in [3.63, 3.8) is 0 Å². The monoisotopic (exact) mass is 805 g/mol. The molecule has 4 amide bonds. The Bertz CT molecular complexity index is 2100. The van der Waals surface area contributed by atoms with Crippen LogP contribution < -0.4 is 10.6 Å². The van der Waals surface area contributed by atoms with Crippen LogP contribution in [0.4, 0.5) is 11.4 Å². The first-order chi connectivity index (χ1) is 26.7. The van der Waals surface area contributed by atoms with Gasteiger partial charge in [0, 0.05) is 35.4 Å². The van der Waals surface area contributed by atoms with Crippen molar-refractivity contribution in [3.05, 3.63) is 119 Å². The first-order valence-electron chi connectivity index (χ1n) is 19.0. The van der Waals surface area contributed by atoms with Crippen LogP contribution in [0.25, 0.3) is 22.3 Å². The lowest BCUT2D eigenvalue weighted by Crippen LogP contribution is -2.48. The molecule has 286 valence electrons. The second-order valence-electron chi connectivity index (χ2n) is 13.8. The number of carbonyl (C=O) groups is 4. The van der Waals surface area contributed by atoms with Gasteiger partial charge in [-0.15, -0.1) is 0 Å². The number of likely N-dealkylation sites (N-methyl/N-ethyl adjacent to an activating group) is 1. The lowest BCUT2D eigenvalue weighted by molar-refractivity contribution is -0.141. The highest BCUT2D eigenvalue weighted by Gasteiger charge is 2.39. The van der Waals surface area contributed by atoms with Crippen molar-refractivity contribution in [2.45, 2.75) is 58.5 Å². The summed E-state index contributed by atoms with van der Waals surface area (Å²) in [5, 5.41) is 6.76. The van der Waals surface area contributed by atoms with Gasteiger partial charge >= 0.3 is 0 Å². The highest BCUT2D eigenvalue weighted by atomic mass is 79.9. The molecule has 0 unspecified atom stereocenters. The number of benzene rings is 4. The maximum atomic E-state index is 14.1. The zero-order valence-corrected chi connectivity index (χ0v) is 33.2. The molecule has 1 aromatic heterocycles. The molecular weight excluding hydrogens is 758 g/mol. The van der Waals surface area contributed by atoms with Crippen molar-refractivity contribution >= 4 is 61.9 Å². The number of carbonyl (C=O) groups excluding carboxylic acids is 4. The standard InChI is InChI=1S/C44H48BrN5O5/c1-4-25-49(39(52)27-30-14-9-7-10-15-30)29-38(51)46-33-21-19-32(20-22-33)42-40(45)35-28-34(23-24-37(35)55-42)47-43(53)36-18-13-26-50(36)44(54)41(48(5-2)6-3)31-16-11-8-12-17-31/h7-12,14-17,19-24,28,36,41H,4-6,13,18,25-27,29H2,1-3H3,(H,46,51)(H,47,53)/t36-,41+/m0/s1. The summed E-state index contributed by atoms with van der Waals surface area (Å²) in [5.74, 6) is -0.0231. The molecule has 1 aliphatic rings. The number of nitrogens with zero attached hydrogens (tertiary/aromatic N) is 3. The van der Waals surface area contributed by atoms with Crippen molar-refractivity contribution < 1.29 is 23.6 Å². The second kappa shape index (κ2) is 18.4. The first-order valence-corrected chi connectivity index (χ1v) is 19.8. The van der Waals surface area contributed by atoms with E-state index in [-0.39, 0.29) is 36.6 Å². The van der Waals surface area contributed by atoms with Crippen LogP contribution in [0.5, 0.6) is 0 Å². The molecule has 0 saturated carbocycles. The van der Waals surface area contributed by atoms with Gasteiger partial charge in [0.05, 0.1) is 17.4 Å². The summed E-state index contributed by atoms with van der Waals surface area (Å²) in [7, 11) is 0. The molecule has 2 atom stereocenters. The van der Waals surface area contributed by atoms with Crippen LogP contribution >= 0.6 is 15.9 Å². The average Bonchev–Trinajstić information content (AvgIpc) is 3.83. The molecule has 55 heavy (non-hydrogen) atoms. The third kappa shape index (κ3) is 9.35. The van der Waals surface area contributed by atoms with Crippen LogP contribution in [0.2, 0.25) is 0 Å². The minimum absolute atomic E-state index is 0.0329. The van der Waals surface area contributed by atoms with Crippen molar-refractivity contribution in [1.29, 1.82) is 0 Å². The number of nitrogens with one attached hydrogen (secondary N) is 2. The van der Waals surface area contributed by atoms with Gasteiger partial charge in [-0.05, 0) is 102 Å².